The Morgan fingerprint density at radius 2 is 1.46 bits per heavy atom. The van der Waals surface area contributed by atoms with Gasteiger partial charge < -0.3 is 4.74 Å². The van der Waals surface area contributed by atoms with Gasteiger partial charge in [0.1, 0.15) is 17.3 Å². The summed E-state index contributed by atoms with van der Waals surface area (Å²) in [4.78, 5) is 5.02. The Morgan fingerprint density at radius 3 is 2.41 bits per heavy atom. The van der Waals surface area contributed by atoms with Crippen LogP contribution in [0.15, 0.2) is 133 Å². The quantitative estimate of drug-likeness (QED) is 0.242. The molecule has 1 aliphatic heterocycles. The van der Waals surface area contributed by atoms with Crippen LogP contribution in [0.1, 0.15) is 12.0 Å². The molecule has 2 heterocycles. The molecule has 0 fully saturated rings. The van der Waals surface area contributed by atoms with Crippen molar-refractivity contribution >= 4 is 33.1 Å². The largest absolute Gasteiger partial charge is 0.456 e. The Kier molecular flexibility index (Phi) is 4.89. The van der Waals surface area contributed by atoms with E-state index in [-0.39, 0.29) is 0 Å². The minimum Gasteiger partial charge on any atom is -0.456 e. The van der Waals surface area contributed by atoms with Crippen LogP contribution in [0.25, 0.3) is 55.6 Å². The smallest absolute Gasteiger partial charge is 0.145 e. The van der Waals surface area contributed by atoms with Crippen LogP contribution in [0.5, 0.6) is 11.5 Å². The zero-order chi connectivity index (χ0) is 25.8. The summed E-state index contributed by atoms with van der Waals surface area (Å²) in [6.07, 6.45) is 9.79. The maximum atomic E-state index is 6.32. The summed E-state index contributed by atoms with van der Waals surface area (Å²) >= 11 is 0. The number of para-hydroxylation sites is 3. The molecule has 3 nitrogen and oxygen atoms in total. The van der Waals surface area contributed by atoms with Gasteiger partial charge in [0.05, 0.1) is 11.0 Å². The van der Waals surface area contributed by atoms with Crippen molar-refractivity contribution in [2.24, 2.45) is 0 Å². The van der Waals surface area contributed by atoms with Crippen LogP contribution in [-0.4, -0.2) is 9.55 Å². The van der Waals surface area contributed by atoms with Gasteiger partial charge in [0.15, 0.2) is 0 Å². The molecule has 39 heavy (non-hydrogen) atoms. The number of hydrogen-bond acceptors (Lipinski definition) is 2. The fourth-order valence-electron chi connectivity index (χ4n) is 5.89. The second-order valence-electron chi connectivity index (χ2n) is 9.95. The monoisotopic (exact) mass is 500 g/mol. The van der Waals surface area contributed by atoms with E-state index in [1.165, 1.54) is 33.2 Å². The van der Waals surface area contributed by atoms with Gasteiger partial charge in [-0.1, -0.05) is 103 Å². The molecule has 0 saturated heterocycles. The van der Waals surface area contributed by atoms with Crippen LogP contribution in [0.2, 0.25) is 0 Å². The number of fused-ring (bicyclic) bond motifs is 3. The minimum absolute atomic E-state index is 0.804. The first-order valence-electron chi connectivity index (χ1n) is 13.3. The van der Waals surface area contributed by atoms with Gasteiger partial charge in [-0.25, -0.2) is 4.98 Å². The first kappa shape index (κ1) is 21.9. The molecule has 5 aromatic carbocycles. The summed E-state index contributed by atoms with van der Waals surface area (Å²) in [6.45, 7) is 0. The van der Waals surface area contributed by atoms with E-state index in [0.717, 1.165) is 45.9 Å². The van der Waals surface area contributed by atoms with E-state index >= 15 is 0 Å². The van der Waals surface area contributed by atoms with Crippen LogP contribution >= 0.6 is 0 Å². The molecule has 6 aromatic rings. The van der Waals surface area contributed by atoms with Crippen molar-refractivity contribution in [3.05, 3.63) is 139 Å². The summed E-state index contributed by atoms with van der Waals surface area (Å²) in [5.74, 6) is 2.79. The number of allylic oxidation sites excluding steroid dienone is 6. The van der Waals surface area contributed by atoms with E-state index in [0.29, 0.717) is 0 Å². The molecule has 1 aromatic heterocycles. The summed E-state index contributed by atoms with van der Waals surface area (Å²) in [7, 11) is 0. The van der Waals surface area contributed by atoms with E-state index < -0.39 is 0 Å². The number of imidazole rings is 1. The Hall–Kier alpha value is -5.15. The minimum atomic E-state index is 0.804. The van der Waals surface area contributed by atoms with Crippen molar-refractivity contribution < 1.29 is 4.74 Å². The highest BCUT2D eigenvalue weighted by molar-refractivity contribution is 6.09. The molecule has 0 spiro atoms. The zero-order valence-corrected chi connectivity index (χ0v) is 21.2. The average molecular weight is 501 g/mol. The topological polar surface area (TPSA) is 27.1 Å². The van der Waals surface area contributed by atoms with Gasteiger partial charge in [-0.3, -0.25) is 4.57 Å². The lowest BCUT2D eigenvalue weighted by atomic mass is 9.90. The Labute approximate surface area is 226 Å². The molecule has 0 bridgehead atoms. The second-order valence-corrected chi connectivity index (χ2v) is 9.95. The van der Waals surface area contributed by atoms with E-state index in [2.05, 4.69) is 114 Å². The molecular formula is C36H24N2O. The summed E-state index contributed by atoms with van der Waals surface area (Å²) in [6, 6.07) is 37.9. The average Bonchev–Trinajstić information content (AvgIpc) is 3.22. The predicted molar refractivity (Wildman–Crippen MR) is 161 cm³/mol. The van der Waals surface area contributed by atoms with Gasteiger partial charge in [0, 0.05) is 28.6 Å². The van der Waals surface area contributed by atoms with Crippen LogP contribution in [0, 0.1) is 0 Å². The highest BCUT2D eigenvalue weighted by Crippen LogP contribution is 2.48. The van der Waals surface area contributed by atoms with E-state index in [4.69, 9.17) is 9.72 Å². The van der Waals surface area contributed by atoms with E-state index in [1.807, 2.05) is 24.3 Å². The maximum absolute atomic E-state index is 6.32. The first-order chi connectivity index (χ1) is 19.3. The van der Waals surface area contributed by atoms with Crippen LogP contribution in [0.3, 0.4) is 0 Å². The van der Waals surface area contributed by atoms with Crippen LogP contribution < -0.4 is 4.74 Å². The Morgan fingerprint density at radius 1 is 0.641 bits per heavy atom. The van der Waals surface area contributed by atoms with Crippen molar-refractivity contribution in [1.29, 1.82) is 0 Å². The summed E-state index contributed by atoms with van der Waals surface area (Å²) in [5, 5.41) is 2.37. The van der Waals surface area contributed by atoms with Gasteiger partial charge in [0.2, 0.25) is 0 Å². The number of nitrogens with zero attached hydrogens (tertiary/aromatic N) is 2. The third kappa shape index (κ3) is 3.48. The Balaban J connectivity index is 1.29. The molecule has 0 amide bonds. The lowest BCUT2D eigenvalue weighted by molar-refractivity contribution is 0.487. The van der Waals surface area contributed by atoms with Gasteiger partial charge in [-0.05, 0) is 52.4 Å². The Bertz CT molecular complexity index is 2010. The molecule has 1 aliphatic carbocycles. The van der Waals surface area contributed by atoms with Gasteiger partial charge in [0.25, 0.3) is 0 Å². The molecular weight excluding hydrogens is 476 g/mol. The SMILES string of the molecule is C1=CC(c2ccc3c4c(cccc24)-c2ccccc2O3)=CC=C(n2c(-c3ccccc3)nc3ccccc32)C1. The highest BCUT2D eigenvalue weighted by atomic mass is 16.5. The standard InChI is InChI=1S/C36H24N2O/c1-2-10-25(11-3-1)36-37-31-17-5-6-18-32(31)38(36)26-13-8-12-24(20-21-26)27-22-23-34-35-29(27)15-9-16-30(35)28-14-4-7-19-33(28)39-34/h1-12,14-23H,13H2. The molecule has 0 atom stereocenters. The van der Waals surface area contributed by atoms with Crippen molar-refractivity contribution in [1.82, 2.24) is 9.55 Å². The number of ether oxygens (including phenoxy) is 1. The van der Waals surface area contributed by atoms with Crippen molar-refractivity contribution in [2.75, 3.05) is 0 Å². The van der Waals surface area contributed by atoms with E-state index in [1.54, 1.807) is 0 Å². The third-order valence-electron chi connectivity index (χ3n) is 7.67. The lowest BCUT2D eigenvalue weighted by Gasteiger charge is -2.22. The number of rotatable bonds is 3. The molecule has 8 rings (SSSR count). The van der Waals surface area contributed by atoms with Crippen molar-refractivity contribution in [3.8, 4) is 34.0 Å². The predicted octanol–water partition coefficient (Wildman–Crippen LogP) is 9.51. The number of aromatic nitrogens is 2. The molecule has 184 valence electrons. The zero-order valence-electron chi connectivity index (χ0n) is 21.2. The fourth-order valence-corrected chi connectivity index (χ4v) is 5.89. The lowest BCUT2D eigenvalue weighted by Crippen LogP contribution is -1.99. The third-order valence-corrected chi connectivity index (χ3v) is 7.67. The number of hydrogen-bond donors (Lipinski definition) is 0. The second kappa shape index (κ2) is 8.71. The van der Waals surface area contributed by atoms with Gasteiger partial charge in [-0.2, -0.15) is 0 Å². The maximum Gasteiger partial charge on any atom is 0.145 e. The van der Waals surface area contributed by atoms with Crippen molar-refractivity contribution in [2.45, 2.75) is 6.42 Å². The van der Waals surface area contributed by atoms with E-state index in [9.17, 15) is 0 Å². The molecule has 0 N–H and O–H groups in total. The molecule has 0 radical (unpaired) electrons. The van der Waals surface area contributed by atoms with Gasteiger partial charge in [-0.15, -0.1) is 0 Å². The van der Waals surface area contributed by atoms with Gasteiger partial charge >= 0.3 is 0 Å². The number of benzene rings is 5. The molecule has 0 unspecified atom stereocenters. The summed E-state index contributed by atoms with van der Waals surface area (Å²) in [5.41, 5.74) is 9.15. The summed E-state index contributed by atoms with van der Waals surface area (Å²) < 4.78 is 8.62. The van der Waals surface area contributed by atoms with Crippen LogP contribution in [-0.2, 0) is 0 Å². The fraction of sp³-hybridized carbons (Fsp3) is 0.0278. The highest BCUT2D eigenvalue weighted by Gasteiger charge is 2.22. The molecule has 2 aliphatic rings. The first-order valence-corrected chi connectivity index (χ1v) is 13.3. The molecule has 3 heteroatoms. The van der Waals surface area contributed by atoms with Crippen molar-refractivity contribution in [3.63, 3.8) is 0 Å². The molecule has 0 saturated carbocycles. The normalized spacial score (nSPS) is 13.9. The van der Waals surface area contributed by atoms with Crippen LogP contribution in [0.4, 0.5) is 0 Å².